The second kappa shape index (κ2) is 14.3. The van der Waals surface area contributed by atoms with E-state index in [0.717, 1.165) is 7.28 Å². The van der Waals surface area contributed by atoms with Gasteiger partial charge in [0, 0.05) is 0 Å². The zero-order chi connectivity index (χ0) is 30.9. The molecule has 0 atom stereocenters. The number of halogens is 5. The summed E-state index contributed by atoms with van der Waals surface area (Å²) in [5, 5.41) is 5.55. The highest BCUT2D eigenvalue weighted by atomic mass is 31.2. The molecule has 0 aromatic heterocycles. The molecule has 0 aliphatic heterocycles. The van der Waals surface area contributed by atoms with Crippen LogP contribution in [0.25, 0.3) is 0 Å². The molecule has 0 aliphatic carbocycles. The van der Waals surface area contributed by atoms with Crippen molar-refractivity contribution in [3.8, 4) is 0 Å². The number of benzene rings is 6. The van der Waals surface area contributed by atoms with Gasteiger partial charge in [0.15, 0.2) is 36.4 Å². The Balaban J connectivity index is 0.000000182. The molecule has 6 aromatic carbocycles. The van der Waals surface area contributed by atoms with Crippen molar-refractivity contribution in [1.82, 2.24) is 0 Å². The lowest BCUT2D eigenvalue weighted by molar-refractivity contribution is 0.384. The van der Waals surface area contributed by atoms with Crippen molar-refractivity contribution in [2.45, 2.75) is 6.32 Å². The molecule has 0 nitrogen and oxygen atoms in total. The van der Waals surface area contributed by atoms with Gasteiger partial charge >= 0.3 is 0 Å². The monoisotopic (exact) mass is 608 g/mol. The molecular weight excluding hydrogens is 581 g/mol. The maximum atomic E-state index is 13.4. The van der Waals surface area contributed by atoms with Gasteiger partial charge in [-0.2, -0.15) is 0 Å². The summed E-state index contributed by atoms with van der Waals surface area (Å²) in [5.41, 5.74) is -0.202. The largest absolute Gasteiger partial charge is 0.204 e. The van der Waals surface area contributed by atoms with Crippen LogP contribution in [-0.4, -0.2) is 7.28 Å². The SMILES string of the molecule is Fc1c(F)c(F)c([B]Cc2ccccc2)c(F)c1F.c1ccc([P+](c2ccccc2)(c2ccccc2)c2ccccc2)cc1. The van der Waals surface area contributed by atoms with Crippen molar-refractivity contribution < 1.29 is 22.0 Å². The van der Waals surface area contributed by atoms with Gasteiger partial charge < -0.3 is 0 Å². The maximum Gasteiger partial charge on any atom is 0.200 e. The molecule has 44 heavy (non-hydrogen) atoms. The van der Waals surface area contributed by atoms with E-state index in [1.807, 2.05) is 0 Å². The van der Waals surface area contributed by atoms with Gasteiger partial charge in [-0.15, -0.1) is 0 Å². The van der Waals surface area contributed by atoms with E-state index in [0.29, 0.717) is 5.56 Å². The lowest BCUT2D eigenvalue weighted by atomic mass is 9.64. The second-order valence-electron chi connectivity index (χ2n) is 9.89. The minimum absolute atomic E-state index is 0.0686. The lowest BCUT2D eigenvalue weighted by Gasteiger charge is -2.27. The van der Waals surface area contributed by atoms with Crippen LogP contribution in [0, 0.1) is 29.1 Å². The number of rotatable bonds is 7. The smallest absolute Gasteiger partial charge is 0.200 e. The van der Waals surface area contributed by atoms with Crippen molar-refractivity contribution in [3.05, 3.63) is 186 Å². The maximum absolute atomic E-state index is 13.4. The second-order valence-corrected chi connectivity index (χ2v) is 13.3. The molecule has 0 aliphatic rings. The molecule has 0 bridgehead atoms. The minimum atomic E-state index is -2.15. The molecule has 0 unspecified atom stereocenters. The summed E-state index contributed by atoms with van der Waals surface area (Å²) in [6.07, 6.45) is 0.0686. The van der Waals surface area contributed by atoms with Crippen LogP contribution in [0.4, 0.5) is 22.0 Å². The van der Waals surface area contributed by atoms with E-state index in [1.165, 1.54) is 21.2 Å². The van der Waals surface area contributed by atoms with Crippen LogP contribution in [0.15, 0.2) is 152 Å². The van der Waals surface area contributed by atoms with Crippen molar-refractivity contribution in [1.29, 1.82) is 0 Å². The first kappa shape index (κ1) is 30.9. The molecule has 0 saturated carbocycles. The van der Waals surface area contributed by atoms with E-state index in [1.54, 1.807) is 30.3 Å². The Morgan fingerprint density at radius 1 is 0.364 bits per heavy atom. The first-order valence-electron chi connectivity index (χ1n) is 13.9. The predicted octanol–water partition coefficient (Wildman–Crippen LogP) is 7.22. The molecule has 0 N–H and O–H groups in total. The van der Waals surface area contributed by atoms with Crippen LogP contribution in [0.1, 0.15) is 5.56 Å². The van der Waals surface area contributed by atoms with Gasteiger partial charge in [0.25, 0.3) is 0 Å². The molecule has 7 heteroatoms. The van der Waals surface area contributed by atoms with Gasteiger partial charge in [-0.05, 0) is 60.3 Å². The Bertz CT molecular complexity index is 1590. The van der Waals surface area contributed by atoms with Crippen molar-refractivity contribution >= 4 is 41.2 Å². The molecule has 0 saturated heterocycles. The van der Waals surface area contributed by atoms with Gasteiger partial charge in [-0.3, -0.25) is 0 Å². The Hall–Kier alpha value is -4.54. The van der Waals surface area contributed by atoms with Gasteiger partial charge in [-0.25, -0.2) is 22.0 Å². The Morgan fingerprint density at radius 3 is 0.955 bits per heavy atom. The molecule has 0 spiro atoms. The van der Waals surface area contributed by atoms with E-state index in [9.17, 15) is 22.0 Å². The zero-order valence-corrected chi connectivity index (χ0v) is 24.4. The third-order valence-corrected chi connectivity index (χ3v) is 11.5. The van der Waals surface area contributed by atoms with Gasteiger partial charge in [-0.1, -0.05) is 109 Å². The summed E-state index contributed by atoms with van der Waals surface area (Å²) in [7, 11) is -0.928. The zero-order valence-electron chi connectivity index (χ0n) is 23.6. The van der Waals surface area contributed by atoms with E-state index < -0.39 is 41.8 Å². The normalized spacial score (nSPS) is 10.9. The summed E-state index contributed by atoms with van der Waals surface area (Å²) >= 11 is 0. The average molecular weight is 608 g/mol. The van der Waals surface area contributed by atoms with Gasteiger partial charge in [0.1, 0.15) is 28.5 Å². The lowest BCUT2D eigenvalue weighted by Crippen LogP contribution is -2.38. The highest BCUT2D eigenvalue weighted by Gasteiger charge is 2.47. The van der Waals surface area contributed by atoms with Crippen LogP contribution in [0.5, 0.6) is 0 Å². The van der Waals surface area contributed by atoms with Gasteiger partial charge in [0.05, 0.1) is 0 Å². The van der Waals surface area contributed by atoms with Crippen LogP contribution < -0.4 is 26.7 Å². The summed E-state index contributed by atoms with van der Waals surface area (Å²) < 4.78 is 65.4. The van der Waals surface area contributed by atoms with Crippen LogP contribution in [0.2, 0.25) is 0 Å². The van der Waals surface area contributed by atoms with Crippen LogP contribution in [0.3, 0.4) is 0 Å². The Labute approximate surface area is 255 Å². The quantitative estimate of drug-likeness (QED) is 0.0591. The third-order valence-electron chi connectivity index (χ3n) is 7.20. The molecule has 1 radical (unpaired) electrons. The van der Waals surface area contributed by atoms with E-state index in [-0.39, 0.29) is 6.32 Å². The first-order chi connectivity index (χ1) is 21.4. The Kier molecular flexibility index (Phi) is 10.0. The molecule has 0 heterocycles. The van der Waals surface area contributed by atoms with E-state index in [2.05, 4.69) is 121 Å². The summed E-state index contributed by atoms with van der Waals surface area (Å²) in [6.45, 7) is 0. The van der Waals surface area contributed by atoms with E-state index >= 15 is 0 Å². The fourth-order valence-electron chi connectivity index (χ4n) is 5.14. The topological polar surface area (TPSA) is 0 Å². The fourth-order valence-corrected chi connectivity index (χ4v) is 9.40. The van der Waals surface area contributed by atoms with Crippen LogP contribution in [-0.2, 0) is 6.32 Å². The summed E-state index contributed by atoms with van der Waals surface area (Å²) in [6, 6.07) is 52.4. The number of hydrogen-bond acceptors (Lipinski definition) is 0. The van der Waals surface area contributed by atoms with Crippen molar-refractivity contribution in [3.63, 3.8) is 0 Å². The summed E-state index contributed by atoms with van der Waals surface area (Å²) in [4.78, 5) is 0. The van der Waals surface area contributed by atoms with Crippen LogP contribution >= 0.6 is 7.26 Å². The molecular formula is C37H27BF5P+. The molecule has 0 amide bonds. The third kappa shape index (κ3) is 6.37. The highest BCUT2D eigenvalue weighted by Crippen LogP contribution is 2.54. The minimum Gasteiger partial charge on any atom is -0.204 e. The Morgan fingerprint density at radius 2 is 0.636 bits per heavy atom. The van der Waals surface area contributed by atoms with E-state index in [4.69, 9.17) is 0 Å². The average Bonchev–Trinajstić information content (AvgIpc) is 3.09. The van der Waals surface area contributed by atoms with Gasteiger partial charge in [0.2, 0.25) is 0 Å². The molecule has 217 valence electrons. The summed E-state index contributed by atoms with van der Waals surface area (Å²) in [5.74, 6) is -9.64. The predicted molar refractivity (Wildman–Crippen MR) is 173 cm³/mol. The van der Waals surface area contributed by atoms with Crippen molar-refractivity contribution in [2.75, 3.05) is 0 Å². The molecule has 0 fully saturated rings. The number of hydrogen-bond donors (Lipinski definition) is 0. The standard InChI is InChI=1S/C24H20P.C13H7BF5/c1-5-13-21(14-6-1)25(22-15-7-2-8-16-22,23-17-9-3-10-18-23)24-19-11-4-12-20-24;15-9-8(10(16)12(18)13(19)11(9)17)14-6-7-4-2-1-3-5-7/h1-20H;1-5H,6H2/q+1;. The first-order valence-corrected chi connectivity index (χ1v) is 15.7. The highest BCUT2D eigenvalue weighted by molar-refractivity contribution is 8.01. The molecule has 6 aromatic rings. The fraction of sp³-hybridized carbons (Fsp3) is 0.0270. The van der Waals surface area contributed by atoms with Crippen molar-refractivity contribution in [2.24, 2.45) is 0 Å². The molecule has 6 rings (SSSR count).